The van der Waals surface area contributed by atoms with Crippen molar-refractivity contribution in [3.05, 3.63) is 69.9 Å². The molecule has 0 saturated carbocycles. The van der Waals surface area contributed by atoms with Crippen LogP contribution in [0.25, 0.3) is 0 Å². The van der Waals surface area contributed by atoms with Crippen LogP contribution in [0.4, 0.5) is 0 Å². The van der Waals surface area contributed by atoms with E-state index in [1.807, 2.05) is 59.8 Å². The molecule has 7 heteroatoms. The average molecular weight is 596 g/mol. The Labute approximate surface area is 258 Å². The lowest BCUT2D eigenvalue weighted by Gasteiger charge is -2.41. The molecule has 2 aliphatic heterocycles. The van der Waals surface area contributed by atoms with Crippen LogP contribution in [0.15, 0.2) is 53.2 Å². The van der Waals surface area contributed by atoms with Gasteiger partial charge in [0.25, 0.3) is 5.91 Å². The molecule has 2 heterocycles. The second-order valence-electron chi connectivity index (χ2n) is 12.0. The smallest absolute Gasteiger partial charge is 0.326 e. The van der Waals surface area contributed by atoms with E-state index in [0.717, 1.165) is 18.4 Å². The third-order valence-corrected chi connectivity index (χ3v) is 8.45. The van der Waals surface area contributed by atoms with Gasteiger partial charge in [-0.15, -0.1) is 0 Å². The maximum absolute atomic E-state index is 13.5. The molecule has 0 aromatic heterocycles. The summed E-state index contributed by atoms with van der Waals surface area (Å²) in [6, 6.07) is 0.357. The second kappa shape index (κ2) is 15.9. The zero-order valence-electron chi connectivity index (χ0n) is 27.7. The van der Waals surface area contributed by atoms with Crippen LogP contribution >= 0.6 is 0 Å². The fourth-order valence-electron chi connectivity index (χ4n) is 5.84. The van der Waals surface area contributed by atoms with Gasteiger partial charge in [0.15, 0.2) is 0 Å². The number of aliphatic hydroxyl groups excluding tert-OH is 1. The maximum atomic E-state index is 13.5. The highest BCUT2D eigenvalue weighted by molar-refractivity contribution is 6.02. The molecule has 1 aromatic rings. The summed E-state index contributed by atoms with van der Waals surface area (Å²) in [5.74, 6) is -1.30. The molecular formula is C36H53NO6. The van der Waals surface area contributed by atoms with Crippen LogP contribution in [-0.4, -0.2) is 49.8 Å². The van der Waals surface area contributed by atoms with Crippen LogP contribution in [0, 0.1) is 5.92 Å². The van der Waals surface area contributed by atoms with Crippen molar-refractivity contribution in [1.82, 2.24) is 4.90 Å². The van der Waals surface area contributed by atoms with E-state index in [9.17, 15) is 24.9 Å². The predicted molar refractivity (Wildman–Crippen MR) is 174 cm³/mol. The van der Waals surface area contributed by atoms with E-state index in [-0.39, 0.29) is 36.6 Å². The van der Waals surface area contributed by atoms with Gasteiger partial charge in [-0.05, 0) is 91.2 Å². The monoisotopic (exact) mass is 595 g/mol. The van der Waals surface area contributed by atoms with Gasteiger partial charge in [-0.3, -0.25) is 4.79 Å². The predicted octanol–water partition coefficient (Wildman–Crippen LogP) is 7.90. The van der Waals surface area contributed by atoms with Crippen molar-refractivity contribution in [2.45, 2.75) is 125 Å². The number of carbonyl (C=O) groups is 2. The molecule has 3 rings (SSSR count). The number of nitrogens with zero attached hydrogens (tertiary/aromatic N) is 1. The van der Waals surface area contributed by atoms with Crippen molar-refractivity contribution >= 4 is 11.9 Å². The van der Waals surface area contributed by atoms with E-state index < -0.39 is 29.6 Å². The molecule has 0 aliphatic carbocycles. The first-order valence-electron chi connectivity index (χ1n) is 15.7. The fraction of sp³-hybridized carbons (Fsp3) is 0.556. The van der Waals surface area contributed by atoms with Crippen LogP contribution in [0.5, 0.6) is 11.5 Å². The Morgan fingerprint density at radius 2 is 1.84 bits per heavy atom. The Morgan fingerprint density at radius 1 is 1.16 bits per heavy atom. The minimum atomic E-state index is -1.07. The van der Waals surface area contributed by atoms with E-state index in [1.54, 1.807) is 0 Å². The SMILES string of the molecule is C/C=C\C(=C/C)C(C)CC(C(=O)O)N1Cc2c(cc(O)c3c2OC(C)(CC/C=C(\C)CCC=C(C)C)C(O)C3)C1=O.CC. The van der Waals surface area contributed by atoms with Gasteiger partial charge in [-0.1, -0.05) is 62.3 Å². The van der Waals surface area contributed by atoms with Crippen LogP contribution in [0.3, 0.4) is 0 Å². The number of hydrogen-bond donors (Lipinski definition) is 3. The lowest BCUT2D eigenvalue weighted by Crippen LogP contribution is -2.49. The van der Waals surface area contributed by atoms with E-state index in [2.05, 4.69) is 32.9 Å². The van der Waals surface area contributed by atoms with Gasteiger partial charge in [0.1, 0.15) is 23.1 Å². The summed E-state index contributed by atoms with van der Waals surface area (Å²) in [5.41, 5.74) is 3.96. The first-order chi connectivity index (χ1) is 20.3. The number of fused-ring (bicyclic) bond motifs is 3. The largest absolute Gasteiger partial charge is 0.508 e. The molecule has 2 aliphatic rings. The Hall–Kier alpha value is -3.32. The topological polar surface area (TPSA) is 107 Å². The molecule has 0 fully saturated rings. The number of hydrogen-bond acceptors (Lipinski definition) is 5. The minimum Gasteiger partial charge on any atom is -0.508 e. The molecule has 4 unspecified atom stereocenters. The molecule has 0 saturated heterocycles. The van der Waals surface area contributed by atoms with E-state index in [4.69, 9.17) is 4.74 Å². The minimum absolute atomic E-state index is 0.0742. The third kappa shape index (κ3) is 8.62. The van der Waals surface area contributed by atoms with Gasteiger partial charge < -0.3 is 25.0 Å². The van der Waals surface area contributed by atoms with Crippen molar-refractivity contribution in [2.75, 3.05) is 0 Å². The number of aliphatic carboxylic acids is 1. The number of allylic oxidation sites excluding steroid dienone is 8. The molecule has 238 valence electrons. The molecule has 3 N–H and O–H groups in total. The summed E-state index contributed by atoms with van der Waals surface area (Å²) in [7, 11) is 0. The third-order valence-electron chi connectivity index (χ3n) is 8.45. The molecule has 7 nitrogen and oxygen atoms in total. The Balaban J connectivity index is 0.00000316. The lowest BCUT2D eigenvalue weighted by atomic mass is 9.84. The zero-order chi connectivity index (χ0) is 32.5. The summed E-state index contributed by atoms with van der Waals surface area (Å²) in [5, 5.41) is 32.0. The highest BCUT2D eigenvalue weighted by Gasteiger charge is 2.46. The molecule has 0 spiro atoms. The van der Waals surface area contributed by atoms with Crippen LogP contribution in [0.1, 0.15) is 116 Å². The maximum Gasteiger partial charge on any atom is 0.326 e. The summed E-state index contributed by atoms with van der Waals surface area (Å²) in [4.78, 5) is 27.3. The lowest BCUT2D eigenvalue weighted by molar-refractivity contribution is -0.143. The number of carboxylic acids is 1. The standard InChI is InChI=1S/C34H47NO6.C2H6/c1-8-12-24(9-2)23(6)17-28(33(39)40)35-20-27-25(32(35)38)18-29(36)26-19-30(37)34(7,41-31(26)27)16-11-15-22(5)14-10-13-21(3)4;1-2/h8-9,12-13,15,18,23,28,30,36-37H,10-11,14,16-17,19-20H2,1-7H3,(H,39,40);1-2H3/b12-8-,22-15+,24-9+;. The van der Waals surface area contributed by atoms with Crippen molar-refractivity contribution in [2.24, 2.45) is 5.92 Å². The molecule has 0 radical (unpaired) electrons. The molecular weight excluding hydrogens is 542 g/mol. The highest BCUT2D eigenvalue weighted by atomic mass is 16.5. The van der Waals surface area contributed by atoms with E-state index in [1.165, 1.54) is 22.1 Å². The first kappa shape index (κ1) is 35.9. The molecule has 4 atom stereocenters. The molecule has 1 amide bonds. The second-order valence-corrected chi connectivity index (χ2v) is 12.0. The number of rotatable bonds is 12. The van der Waals surface area contributed by atoms with Gasteiger partial charge in [-0.2, -0.15) is 0 Å². The number of carbonyl (C=O) groups excluding carboxylic acids is 1. The van der Waals surface area contributed by atoms with E-state index >= 15 is 0 Å². The molecule has 1 aromatic carbocycles. The average Bonchev–Trinajstić information content (AvgIpc) is 3.27. The number of amides is 1. The van der Waals surface area contributed by atoms with Gasteiger partial charge in [-0.25, -0.2) is 4.79 Å². The number of aliphatic hydroxyl groups is 1. The molecule has 43 heavy (non-hydrogen) atoms. The summed E-state index contributed by atoms with van der Waals surface area (Å²) >= 11 is 0. The number of ether oxygens (including phenoxy) is 1. The van der Waals surface area contributed by atoms with Gasteiger partial charge in [0.2, 0.25) is 0 Å². The fourth-order valence-corrected chi connectivity index (χ4v) is 5.84. The van der Waals surface area contributed by atoms with Crippen molar-refractivity contribution < 1.29 is 29.6 Å². The van der Waals surface area contributed by atoms with Crippen molar-refractivity contribution in [3.63, 3.8) is 0 Å². The molecule has 0 bridgehead atoms. The highest BCUT2D eigenvalue weighted by Crippen LogP contribution is 2.47. The first-order valence-corrected chi connectivity index (χ1v) is 15.7. The normalized spacial score (nSPS) is 21.4. The van der Waals surface area contributed by atoms with Crippen molar-refractivity contribution in [3.8, 4) is 11.5 Å². The quantitative estimate of drug-likeness (QED) is 0.167. The number of benzene rings is 1. The van der Waals surface area contributed by atoms with Gasteiger partial charge >= 0.3 is 5.97 Å². The number of phenolic OH excluding ortho intramolecular Hbond substituents is 1. The zero-order valence-corrected chi connectivity index (χ0v) is 27.7. The summed E-state index contributed by atoms with van der Waals surface area (Å²) < 4.78 is 6.46. The van der Waals surface area contributed by atoms with Gasteiger partial charge in [0.05, 0.1) is 18.2 Å². The number of aromatic hydroxyl groups is 1. The number of carboxylic acid groups (broad SMARTS) is 1. The van der Waals surface area contributed by atoms with Crippen molar-refractivity contribution in [1.29, 1.82) is 0 Å². The Morgan fingerprint density at radius 3 is 2.42 bits per heavy atom. The Bertz CT molecular complexity index is 1270. The van der Waals surface area contributed by atoms with E-state index in [0.29, 0.717) is 29.7 Å². The Kier molecular flexibility index (Phi) is 13.3. The van der Waals surface area contributed by atoms with Crippen LogP contribution in [0.2, 0.25) is 0 Å². The number of phenols is 1. The van der Waals surface area contributed by atoms with Gasteiger partial charge in [0, 0.05) is 17.5 Å². The summed E-state index contributed by atoms with van der Waals surface area (Å²) in [6.07, 6.45) is 13.1. The van der Waals surface area contributed by atoms with Crippen LogP contribution < -0.4 is 4.74 Å². The summed E-state index contributed by atoms with van der Waals surface area (Å²) in [6.45, 7) is 18.0. The van der Waals surface area contributed by atoms with Crippen LogP contribution in [-0.2, 0) is 17.8 Å².